The molecular formula is C15H15BrO4. The highest BCUT2D eigenvalue weighted by molar-refractivity contribution is 9.10. The zero-order valence-corrected chi connectivity index (χ0v) is 12.6. The van der Waals surface area contributed by atoms with E-state index in [9.17, 15) is 5.11 Å². The number of benzene rings is 1. The molecule has 0 radical (unpaired) electrons. The van der Waals surface area contributed by atoms with E-state index in [4.69, 9.17) is 13.9 Å². The summed E-state index contributed by atoms with van der Waals surface area (Å²) in [5.74, 6) is 2.21. The zero-order chi connectivity index (χ0) is 14.1. The van der Waals surface area contributed by atoms with Gasteiger partial charge in [-0.05, 0) is 45.8 Å². The molecule has 0 aliphatic carbocycles. The number of fused-ring (bicyclic) bond motifs is 1. The van der Waals surface area contributed by atoms with Crippen LogP contribution < -0.4 is 9.47 Å². The van der Waals surface area contributed by atoms with Crippen molar-refractivity contribution in [2.75, 3.05) is 13.2 Å². The molecule has 1 aromatic carbocycles. The first-order valence-electron chi connectivity index (χ1n) is 6.46. The Balaban J connectivity index is 1.88. The van der Waals surface area contributed by atoms with Crippen LogP contribution in [-0.2, 0) is 0 Å². The van der Waals surface area contributed by atoms with E-state index in [1.807, 2.05) is 12.1 Å². The van der Waals surface area contributed by atoms with Gasteiger partial charge in [0.15, 0.2) is 16.2 Å². The van der Waals surface area contributed by atoms with Gasteiger partial charge in [0.1, 0.15) is 11.9 Å². The Morgan fingerprint density at radius 1 is 1.15 bits per heavy atom. The molecule has 2 heterocycles. The molecule has 1 aliphatic heterocycles. The summed E-state index contributed by atoms with van der Waals surface area (Å²) >= 11 is 3.23. The summed E-state index contributed by atoms with van der Waals surface area (Å²) in [4.78, 5) is 0. The van der Waals surface area contributed by atoms with E-state index in [1.165, 1.54) is 0 Å². The Hall–Kier alpha value is -1.46. The second-order valence-electron chi connectivity index (χ2n) is 4.98. The van der Waals surface area contributed by atoms with Crippen molar-refractivity contribution >= 4 is 15.9 Å². The van der Waals surface area contributed by atoms with Gasteiger partial charge in [0.2, 0.25) is 0 Å². The van der Waals surface area contributed by atoms with Gasteiger partial charge in [-0.15, -0.1) is 0 Å². The lowest BCUT2D eigenvalue weighted by Gasteiger charge is -2.12. The number of furan rings is 1. The Kier molecular flexibility index (Phi) is 3.72. The smallest absolute Gasteiger partial charge is 0.169 e. The van der Waals surface area contributed by atoms with Gasteiger partial charge in [-0.2, -0.15) is 0 Å². The van der Waals surface area contributed by atoms with Crippen LogP contribution in [0.2, 0.25) is 0 Å². The number of hydrogen-bond donors (Lipinski definition) is 1. The Morgan fingerprint density at radius 3 is 2.60 bits per heavy atom. The average molecular weight is 339 g/mol. The SMILES string of the molecule is CC1COc2ccc(C(O)c3ccc(Br)o3)cc2OC1. The van der Waals surface area contributed by atoms with Gasteiger partial charge in [0, 0.05) is 5.92 Å². The fraction of sp³-hybridized carbons (Fsp3) is 0.333. The minimum Gasteiger partial charge on any atom is -0.489 e. The highest BCUT2D eigenvalue weighted by Crippen LogP contribution is 2.35. The van der Waals surface area contributed by atoms with Crippen LogP contribution in [0.3, 0.4) is 0 Å². The van der Waals surface area contributed by atoms with E-state index in [2.05, 4.69) is 22.9 Å². The quantitative estimate of drug-likeness (QED) is 0.909. The third kappa shape index (κ3) is 2.69. The molecule has 20 heavy (non-hydrogen) atoms. The van der Waals surface area contributed by atoms with Gasteiger partial charge >= 0.3 is 0 Å². The van der Waals surface area contributed by atoms with Crippen molar-refractivity contribution in [3.8, 4) is 11.5 Å². The number of aliphatic hydroxyl groups is 1. The van der Waals surface area contributed by atoms with Crippen LogP contribution >= 0.6 is 15.9 Å². The largest absolute Gasteiger partial charge is 0.489 e. The minimum absolute atomic E-state index is 0.344. The standard InChI is InChI=1S/C15H15BrO4/c1-9-7-18-11-3-2-10(6-13(11)19-8-9)15(17)12-4-5-14(16)20-12/h2-6,9,15,17H,7-8H2,1H3. The van der Waals surface area contributed by atoms with Gasteiger partial charge in [-0.3, -0.25) is 0 Å². The van der Waals surface area contributed by atoms with Crippen LogP contribution in [0.15, 0.2) is 39.4 Å². The molecule has 2 unspecified atom stereocenters. The van der Waals surface area contributed by atoms with E-state index in [1.54, 1.807) is 18.2 Å². The van der Waals surface area contributed by atoms with Crippen molar-refractivity contribution in [2.45, 2.75) is 13.0 Å². The second-order valence-corrected chi connectivity index (χ2v) is 5.76. The van der Waals surface area contributed by atoms with Crippen LogP contribution in [0, 0.1) is 5.92 Å². The lowest BCUT2D eigenvalue weighted by Crippen LogP contribution is -2.12. The van der Waals surface area contributed by atoms with E-state index < -0.39 is 6.10 Å². The zero-order valence-electron chi connectivity index (χ0n) is 11.0. The summed E-state index contributed by atoms with van der Waals surface area (Å²) in [6.07, 6.45) is -0.823. The molecule has 0 saturated carbocycles. The molecule has 3 rings (SSSR count). The summed E-state index contributed by atoms with van der Waals surface area (Å²) in [5, 5.41) is 10.3. The van der Waals surface area contributed by atoms with Crippen molar-refractivity contribution in [3.63, 3.8) is 0 Å². The lowest BCUT2D eigenvalue weighted by molar-refractivity contribution is 0.187. The summed E-state index contributed by atoms with van der Waals surface area (Å²) in [5.41, 5.74) is 0.712. The number of ether oxygens (including phenoxy) is 2. The maximum absolute atomic E-state index is 10.3. The first kappa shape index (κ1) is 13.5. The second kappa shape index (κ2) is 5.50. The third-order valence-electron chi connectivity index (χ3n) is 3.19. The molecule has 4 nitrogen and oxygen atoms in total. The van der Waals surface area contributed by atoms with Crippen LogP contribution in [0.1, 0.15) is 24.4 Å². The Labute approximate surface area is 125 Å². The fourth-order valence-electron chi connectivity index (χ4n) is 2.08. The van der Waals surface area contributed by atoms with Crippen LogP contribution in [0.5, 0.6) is 11.5 Å². The van der Waals surface area contributed by atoms with Crippen molar-refractivity contribution in [1.29, 1.82) is 0 Å². The predicted octanol–water partition coefficient (Wildman–Crippen LogP) is 3.53. The molecule has 2 atom stereocenters. The van der Waals surface area contributed by atoms with Crippen LogP contribution in [0.25, 0.3) is 0 Å². The fourth-order valence-corrected chi connectivity index (χ4v) is 2.40. The Morgan fingerprint density at radius 2 is 1.90 bits per heavy atom. The normalized spacial score (nSPS) is 19.4. The van der Waals surface area contributed by atoms with E-state index in [0.717, 1.165) is 0 Å². The third-order valence-corrected chi connectivity index (χ3v) is 3.62. The maximum Gasteiger partial charge on any atom is 0.169 e. The highest BCUT2D eigenvalue weighted by atomic mass is 79.9. The van der Waals surface area contributed by atoms with Crippen LogP contribution in [-0.4, -0.2) is 18.3 Å². The topological polar surface area (TPSA) is 51.8 Å². The molecule has 0 bridgehead atoms. The van der Waals surface area contributed by atoms with Gasteiger partial charge in [-0.1, -0.05) is 13.0 Å². The first-order valence-corrected chi connectivity index (χ1v) is 7.25. The summed E-state index contributed by atoms with van der Waals surface area (Å²) in [6, 6.07) is 8.93. The van der Waals surface area contributed by atoms with E-state index >= 15 is 0 Å². The maximum atomic E-state index is 10.3. The van der Waals surface area contributed by atoms with Gasteiger partial charge < -0.3 is 19.0 Å². The van der Waals surface area contributed by atoms with Gasteiger partial charge in [0.05, 0.1) is 13.2 Å². The summed E-state index contributed by atoms with van der Waals surface area (Å²) in [7, 11) is 0. The highest BCUT2D eigenvalue weighted by Gasteiger charge is 2.19. The number of aliphatic hydroxyl groups excluding tert-OH is 1. The van der Waals surface area contributed by atoms with Crippen molar-refractivity contribution in [1.82, 2.24) is 0 Å². The van der Waals surface area contributed by atoms with Gasteiger partial charge in [-0.25, -0.2) is 0 Å². The molecule has 1 N–H and O–H groups in total. The molecule has 106 valence electrons. The van der Waals surface area contributed by atoms with Crippen molar-refractivity contribution < 1.29 is 19.0 Å². The molecule has 2 aromatic rings. The molecule has 1 aromatic heterocycles. The molecule has 5 heteroatoms. The molecular weight excluding hydrogens is 324 g/mol. The average Bonchev–Trinajstić information content (AvgIpc) is 2.80. The summed E-state index contributed by atoms with van der Waals surface area (Å²) < 4.78 is 17.4. The molecule has 1 aliphatic rings. The molecule has 0 fully saturated rings. The van der Waals surface area contributed by atoms with Gasteiger partial charge in [0.25, 0.3) is 0 Å². The first-order chi connectivity index (χ1) is 9.63. The van der Waals surface area contributed by atoms with Crippen molar-refractivity contribution in [2.24, 2.45) is 5.92 Å². The monoisotopic (exact) mass is 338 g/mol. The number of hydrogen-bond acceptors (Lipinski definition) is 4. The van der Waals surface area contributed by atoms with E-state index in [0.29, 0.717) is 46.6 Å². The molecule has 0 amide bonds. The van der Waals surface area contributed by atoms with E-state index in [-0.39, 0.29) is 0 Å². The predicted molar refractivity (Wildman–Crippen MR) is 77.1 cm³/mol. The van der Waals surface area contributed by atoms with Crippen LogP contribution in [0.4, 0.5) is 0 Å². The molecule has 0 saturated heterocycles. The molecule has 0 spiro atoms. The number of rotatable bonds is 2. The van der Waals surface area contributed by atoms with Crippen molar-refractivity contribution in [3.05, 3.63) is 46.3 Å². The number of halogens is 1. The lowest BCUT2D eigenvalue weighted by atomic mass is 10.1. The minimum atomic E-state index is -0.823. The Bertz CT molecular complexity index is 608. The summed E-state index contributed by atoms with van der Waals surface area (Å²) in [6.45, 7) is 3.32.